The van der Waals surface area contributed by atoms with Crippen LogP contribution in [0.4, 0.5) is 0 Å². The number of nitrogens with two attached hydrogens (primary N) is 2. The van der Waals surface area contributed by atoms with Crippen molar-refractivity contribution in [3.05, 3.63) is 54.1 Å². The van der Waals surface area contributed by atoms with Gasteiger partial charge in [0.2, 0.25) is 0 Å². The molecule has 0 fully saturated rings. The van der Waals surface area contributed by atoms with Crippen LogP contribution < -0.4 is 11.5 Å². The van der Waals surface area contributed by atoms with Gasteiger partial charge in [0.1, 0.15) is 0 Å². The molecular weight excluding hydrogens is 212 g/mol. The summed E-state index contributed by atoms with van der Waals surface area (Å²) in [7, 11) is 0. The molecule has 4 nitrogen and oxygen atoms in total. The number of aromatic nitrogens is 2. The topological polar surface area (TPSA) is 69.9 Å². The molecule has 0 aliphatic heterocycles. The molecule has 0 saturated heterocycles. The largest absolute Gasteiger partial charge is 0.332 e. The van der Waals surface area contributed by atoms with Gasteiger partial charge in [0.15, 0.2) is 0 Å². The van der Waals surface area contributed by atoms with E-state index in [-0.39, 0.29) is 6.04 Å². The van der Waals surface area contributed by atoms with Crippen molar-refractivity contribution in [3.8, 4) is 0 Å². The van der Waals surface area contributed by atoms with E-state index in [9.17, 15) is 0 Å². The normalized spacial score (nSPS) is 12.6. The van der Waals surface area contributed by atoms with Crippen molar-refractivity contribution in [2.75, 3.05) is 6.54 Å². The van der Waals surface area contributed by atoms with Crippen molar-refractivity contribution in [2.45, 2.75) is 19.0 Å². The van der Waals surface area contributed by atoms with Crippen LogP contribution in [0.1, 0.15) is 17.3 Å². The Labute approximate surface area is 101 Å². The fourth-order valence-electron chi connectivity index (χ4n) is 1.94. The summed E-state index contributed by atoms with van der Waals surface area (Å²) in [6.07, 6.45) is 4.42. The molecule has 1 aromatic carbocycles. The number of imidazole rings is 1. The summed E-state index contributed by atoms with van der Waals surface area (Å²) in [5.41, 5.74) is 14.0. The summed E-state index contributed by atoms with van der Waals surface area (Å²) in [5, 5.41) is 0. The van der Waals surface area contributed by atoms with Gasteiger partial charge in [0.25, 0.3) is 0 Å². The molecule has 2 rings (SSSR count). The third-order valence-electron chi connectivity index (χ3n) is 2.79. The van der Waals surface area contributed by atoms with Gasteiger partial charge in [0, 0.05) is 19.3 Å². The average Bonchev–Trinajstić information content (AvgIpc) is 2.79. The highest BCUT2D eigenvalue weighted by atomic mass is 15.1. The molecule has 0 radical (unpaired) electrons. The van der Waals surface area contributed by atoms with Gasteiger partial charge in [-0.25, -0.2) is 4.98 Å². The van der Waals surface area contributed by atoms with Crippen LogP contribution in [-0.2, 0) is 13.0 Å². The molecule has 90 valence electrons. The third kappa shape index (κ3) is 2.93. The lowest BCUT2D eigenvalue weighted by Gasteiger charge is -2.14. The van der Waals surface area contributed by atoms with Gasteiger partial charge in [-0.1, -0.05) is 30.3 Å². The average molecular weight is 230 g/mol. The highest BCUT2D eigenvalue weighted by Gasteiger charge is 2.11. The number of rotatable bonds is 5. The van der Waals surface area contributed by atoms with E-state index in [0.29, 0.717) is 6.54 Å². The first-order valence-corrected chi connectivity index (χ1v) is 5.81. The van der Waals surface area contributed by atoms with Gasteiger partial charge in [-0.15, -0.1) is 0 Å². The molecule has 0 unspecified atom stereocenters. The Morgan fingerprint density at radius 2 is 2.00 bits per heavy atom. The molecule has 17 heavy (non-hydrogen) atoms. The number of benzene rings is 1. The van der Waals surface area contributed by atoms with Crippen molar-refractivity contribution < 1.29 is 0 Å². The molecule has 0 bridgehead atoms. The Morgan fingerprint density at radius 1 is 1.24 bits per heavy atom. The zero-order chi connectivity index (χ0) is 12.1. The summed E-state index contributed by atoms with van der Waals surface area (Å²) in [4.78, 5) is 4.13. The molecular formula is C13H18N4. The molecule has 0 saturated carbocycles. The van der Waals surface area contributed by atoms with Gasteiger partial charge >= 0.3 is 0 Å². The maximum Gasteiger partial charge on any atom is 0.0949 e. The molecule has 1 aromatic heterocycles. The van der Waals surface area contributed by atoms with Crippen molar-refractivity contribution in [2.24, 2.45) is 11.5 Å². The van der Waals surface area contributed by atoms with E-state index in [2.05, 4.69) is 17.1 Å². The van der Waals surface area contributed by atoms with E-state index in [1.807, 2.05) is 29.0 Å². The Bertz CT molecular complexity index is 449. The van der Waals surface area contributed by atoms with Crippen LogP contribution in [0.5, 0.6) is 0 Å². The predicted octanol–water partition coefficient (Wildman–Crippen LogP) is 1.08. The second-order valence-electron chi connectivity index (χ2n) is 4.10. The van der Waals surface area contributed by atoms with E-state index < -0.39 is 0 Å². The van der Waals surface area contributed by atoms with Crippen LogP contribution in [0.25, 0.3) is 0 Å². The SMILES string of the molecule is NCCn1cncc1[C@H](N)Cc1ccccc1. The minimum Gasteiger partial charge on any atom is -0.332 e. The number of hydrogen-bond acceptors (Lipinski definition) is 3. The highest BCUT2D eigenvalue weighted by molar-refractivity contribution is 5.18. The first kappa shape index (κ1) is 11.8. The van der Waals surface area contributed by atoms with Gasteiger partial charge in [0.05, 0.1) is 18.1 Å². The highest BCUT2D eigenvalue weighted by Crippen LogP contribution is 2.15. The molecule has 1 heterocycles. The van der Waals surface area contributed by atoms with E-state index in [0.717, 1.165) is 18.7 Å². The van der Waals surface area contributed by atoms with Crippen molar-refractivity contribution in [1.82, 2.24) is 9.55 Å². The van der Waals surface area contributed by atoms with E-state index >= 15 is 0 Å². The Morgan fingerprint density at radius 3 is 2.71 bits per heavy atom. The van der Waals surface area contributed by atoms with Crippen LogP contribution in [0, 0.1) is 0 Å². The Balaban J connectivity index is 2.09. The van der Waals surface area contributed by atoms with E-state index in [1.165, 1.54) is 5.56 Å². The lowest BCUT2D eigenvalue weighted by atomic mass is 10.0. The van der Waals surface area contributed by atoms with E-state index in [4.69, 9.17) is 11.5 Å². The molecule has 4 heteroatoms. The molecule has 2 aromatic rings. The minimum absolute atomic E-state index is 0.0357. The molecule has 0 amide bonds. The zero-order valence-corrected chi connectivity index (χ0v) is 9.79. The van der Waals surface area contributed by atoms with Crippen LogP contribution in [0.15, 0.2) is 42.9 Å². The monoisotopic (exact) mass is 230 g/mol. The second kappa shape index (κ2) is 5.61. The lowest BCUT2D eigenvalue weighted by molar-refractivity contribution is 0.603. The molecule has 0 aliphatic carbocycles. The van der Waals surface area contributed by atoms with Crippen LogP contribution >= 0.6 is 0 Å². The van der Waals surface area contributed by atoms with Gasteiger partial charge in [-0.3, -0.25) is 0 Å². The van der Waals surface area contributed by atoms with Crippen LogP contribution in [-0.4, -0.2) is 16.1 Å². The van der Waals surface area contributed by atoms with Gasteiger partial charge in [-0.2, -0.15) is 0 Å². The molecule has 0 spiro atoms. The molecule has 4 N–H and O–H groups in total. The van der Waals surface area contributed by atoms with Crippen LogP contribution in [0.3, 0.4) is 0 Å². The summed E-state index contributed by atoms with van der Waals surface area (Å²) >= 11 is 0. The van der Waals surface area contributed by atoms with Crippen molar-refractivity contribution in [1.29, 1.82) is 0 Å². The lowest BCUT2D eigenvalue weighted by Crippen LogP contribution is -2.20. The number of nitrogens with zero attached hydrogens (tertiary/aromatic N) is 2. The Hall–Kier alpha value is -1.65. The maximum absolute atomic E-state index is 6.20. The maximum atomic E-state index is 6.20. The summed E-state index contributed by atoms with van der Waals surface area (Å²) < 4.78 is 2.02. The fraction of sp³-hybridized carbons (Fsp3) is 0.308. The first-order chi connectivity index (χ1) is 8.31. The summed E-state index contributed by atoms with van der Waals surface area (Å²) in [6.45, 7) is 1.36. The third-order valence-corrected chi connectivity index (χ3v) is 2.79. The summed E-state index contributed by atoms with van der Waals surface area (Å²) in [6, 6.07) is 10.2. The van der Waals surface area contributed by atoms with Crippen molar-refractivity contribution >= 4 is 0 Å². The smallest absolute Gasteiger partial charge is 0.0949 e. The summed E-state index contributed by atoms with van der Waals surface area (Å²) in [5.74, 6) is 0. The fourth-order valence-corrected chi connectivity index (χ4v) is 1.94. The molecule has 0 aliphatic rings. The zero-order valence-electron chi connectivity index (χ0n) is 9.79. The number of hydrogen-bond donors (Lipinski definition) is 2. The standard InChI is InChI=1S/C13H18N4/c14-6-7-17-10-16-9-13(17)12(15)8-11-4-2-1-3-5-11/h1-5,9-10,12H,6-8,14-15H2/t12-/m1/s1. The molecule has 1 atom stereocenters. The second-order valence-corrected chi connectivity index (χ2v) is 4.10. The van der Waals surface area contributed by atoms with Gasteiger partial charge in [-0.05, 0) is 12.0 Å². The minimum atomic E-state index is -0.0357. The van der Waals surface area contributed by atoms with Gasteiger partial charge < -0.3 is 16.0 Å². The van der Waals surface area contributed by atoms with Crippen molar-refractivity contribution in [3.63, 3.8) is 0 Å². The first-order valence-electron chi connectivity index (χ1n) is 5.81. The Kier molecular flexibility index (Phi) is 3.90. The van der Waals surface area contributed by atoms with Crippen LogP contribution in [0.2, 0.25) is 0 Å². The van der Waals surface area contributed by atoms with E-state index in [1.54, 1.807) is 6.33 Å². The predicted molar refractivity (Wildman–Crippen MR) is 68.4 cm³/mol. The quantitative estimate of drug-likeness (QED) is 0.807.